The van der Waals surface area contributed by atoms with Gasteiger partial charge in [-0.05, 0) is 32.4 Å². The maximum Gasteiger partial charge on any atom is 0.337 e. The van der Waals surface area contributed by atoms with Crippen molar-refractivity contribution in [3.8, 4) is 0 Å². The quantitative estimate of drug-likeness (QED) is 0.309. The maximum absolute atomic E-state index is 13.2. The molecule has 0 aromatic carbocycles. The van der Waals surface area contributed by atoms with Crippen LogP contribution < -0.4 is 0 Å². The fourth-order valence-electron chi connectivity index (χ4n) is 7.53. The third-order valence-electron chi connectivity index (χ3n) is 9.04. The molecule has 0 N–H and O–H groups in total. The lowest BCUT2D eigenvalue weighted by Crippen LogP contribution is -2.64. The molecule has 0 aromatic heterocycles. The van der Waals surface area contributed by atoms with Crippen LogP contribution in [0.25, 0.3) is 0 Å². The van der Waals surface area contributed by atoms with Gasteiger partial charge >= 0.3 is 11.9 Å². The lowest BCUT2D eigenvalue weighted by atomic mass is 9.59. The summed E-state index contributed by atoms with van der Waals surface area (Å²) >= 11 is 0. The highest BCUT2D eigenvalue weighted by Gasteiger charge is 2.81. The summed E-state index contributed by atoms with van der Waals surface area (Å²) in [5, 5.41) is 0. The monoisotopic (exact) mass is 480 g/mol. The number of carbonyl (C=O) groups is 2. The minimum atomic E-state index is -1.28. The molecule has 34 heavy (non-hydrogen) atoms. The highest BCUT2D eigenvalue weighted by atomic mass is 16.7. The van der Waals surface area contributed by atoms with Crippen molar-refractivity contribution in [2.24, 2.45) is 11.8 Å². The van der Waals surface area contributed by atoms with Crippen molar-refractivity contribution < 1.29 is 42.7 Å². The Morgan fingerprint density at radius 1 is 1.00 bits per heavy atom. The number of hydrogen-bond donors (Lipinski definition) is 0. The normalized spacial score (nSPS) is 42.7. The zero-order valence-electron chi connectivity index (χ0n) is 21.7. The van der Waals surface area contributed by atoms with Crippen LogP contribution >= 0.6 is 0 Å². The Kier molecular flexibility index (Phi) is 5.66. The van der Waals surface area contributed by atoms with E-state index in [2.05, 4.69) is 6.92 Å². The van der Waals surface area contributed by atoms with Crippen LogP contribution in [0.5, 0.6) is 0 Å². The van der Waals surface area contributed by atoms with Gasteiger partial charge in [0.25, 0.3) is 0 Å². The van der Waals surface area contributed by atoms with E-state index in [1.165, 1.54) is 14.2 Å². The Morgan fingerprint density at radius 2 is 1.56 bits per heavy atom. The van der Waals surface area contributed by atoms with E-state index in [-0.39, 0.29) is 23.2 Å². The second-order valence-corrected chi connectivity index (χ2v) is 10.2. The smallest absolute Gasteiger partial charge is 0.337 e. The Bertz CT molecular complexity index is 981. The molecule has 4 aliphatic heterocycles. The van der Waals surface area contributed by atoms with E-state index >= 15 is 0 Å². The molecule has 4 heterocycles. The average Bonchev–Trinajstić information content (AvgIpc) is 3.43. The van der Waals surface area contributed by atoms with Gasteiger partial charge in [0.15, 0.2) is 0 Å². The highest BCUT2D eigenvalue weighted by molar-refractivity contribution is 6.06. The number of fused-ring (bicyclic) bond motifs is 4. The Balaban J connectivity index is 1.95. The van der Waals surface area contributed by atoms with Crippen LogP contribution in [0.15, 0.2) is 22.8 Å². The van der Waals surface area contributed by atoms with E-state index in [0.717, 1.165) is 5.57 Å². The summed E-state index contributed by atoms with van der Waals surface area (Å²) in [6.45, 7) is 9.62. The molecule has 9 nitrogen and oxygen atoms in total. The Hall–Kier alpha value is -1.78. The van der Waals surface area contributed by atoms with Gasteiger partial charge in [0.1, 0.15) is 16.8 Å². The van der Waals surface area contributed by atoms with Crippen LogP contribution in [0.4, 0.5) is 0 Å². The Labute approximate surface area is 200 Å². The van der Waals surface area contributed by atoms with Crippen molar-refractivity contribution in [3.05, 3.63) is 22.8 Å². The minimum Gasteiger partial charge on any atom is -0.466 e. The van der Waals surface area contributed by atoms with Crippen molar-refractivity contribution in [1.29, 1.82) is 0 Å². The van der Waals surface area contributed by atoms with Gasteiger partial charge in [-0.25, -0.2) is 9.59 Å². The SMILES string of the molecule is COC(=O)C1=C(C(=O)OC)[C@@]2(C)C=C(C)[C@]1([C@H](C)[C@@]13CC(OC)(OC)C(C)(O1)[C@@H](OC)[C@@H]3C)O2. The minimum absolute atomic E-state index is 0.116. The van der Waals surface area contributed by atoms with E-state index < -0.39 is 46.0 Å². The van der Waals surface area contributed by atoms with E-state index in [4.69, 9.17) is 33.2 Å². The zero-order valence-corrected chi connectivity index (χ0v) is 21.7. The van der Waals surface area contributed by atoms with Crippen LogP contribution in [0.1, 0.15) is 41.0 Å². The molecule has 0 amide bonds. The first-order valence-electron chi connectivity index (χ1n) is 11.5. The van der Waals surface area contributed by atoms with Crippen molar-refractivity contribution >= 4 is 11.9 Å². The molecule has 0 aliphatic carbocycles. The molecule has 4 bridgehead atoms. The van der Waals surface area contributed by atoms with Crippen molar-refractivity contribution in [2.75, 3.05) is 35.5 Å². The number of carbonyl (C=O) groups excluding carboxylic acids is 2. The molecule has 4 rings (SSSR count). The van der Waals surface area contributed by atoms with Crippen LogP contribution in [0.3, 0.4) is 0 Å². The van der Waals surface area contributed by atoms with Gasteiger partial charge in [0.05, 0.1) is 37.1 Å². The fraction of sp³-hybridized carbons (Fsp3) is 0.760. The molecule has 9 heteroatoms. The van der Waals surface area contributed by atoms with Gasteiger partial charge in [-0.3, -0.25) is 0 Å². The first-order chi connectivity index (χ1) is 15.8. The largest absolute Gasteiger partial charge is 0.466 e. The Morgan fingerprint density at radius 3 is 2.06 bits per heavy atom. The molecule has 4 aliphatic rings. The first-order valence-corrected chi connectivity index (χ1v) is 11.5. The van der Waals surface area contributed by atoms with Crippen LogP contribution in [0.2, 0.25) is 0 Å². The van der Waals surface area contributed by atoms with E-state index in [1.54, 1.807) is 28.3 Å². The molecular weight excluding hydrogens is 444 g/mol. The second-order valence-electron chi connectivity index (χ2n) is 10.2. The van der Waals surface area contributed by atoms with Gasteiger partial charge in [-0.2, -0.15) is 0 Å². The molecule has 2 fully saturated rings. The summed E-state index contributed by atoms with van der Waals surface area (Å²) < 4.78 is 41.6. The summed E-state index contributed by atoms with van der Waals surface area (Å²) in [5.74, 6) is -2.93. The fourth-order valence-corrected chi connectivity index (χ4v) is 7.53. The number of methoxy groups -OCH3 is 5. The molecule has 7 atom stereocenters. The highest BCUT2D eigenvalue weighted by Crippen LogP contribution is 2.68. The third kappa shape index (κ3) is 2.57. The summed E-state index contributed by atoms with van der Waals surface area (Å²) in [5.41, 5.74) is -3.13. The van der Waals surface area contributed by atoms with Gasteiger partial charge in [-0.15, -0.1) is 0 Å². The van der Waals surface area contributed by atoms with Crippen molar-refractivity contribution in [3.63, 3.8) is 0 Å². The predicted molar refractivity (Wildman–Crippen MR) is 120 cm³/mol. The van der Waals surface area contributed by atoms with Crippen molar-refractivity contribution in [2.45, 2.75) is 75.3 Å². The summed E-state index contributed by atoms with van der Waals surface area (Å²) in [6, 6.07) is 0. The lowest BCUT2D eigenvalue weighted by molar-refractivity contribution is -0.289. The molecule has 0 saturated carbocycles. The topological polar surface area (TPSA) is 98.8 Å². The number of ether oxygens (including phenoxy) is 7. The molecule has 0 spiro atoms. The molecule has 1 unspecified atom stereocenters. The second kappa shape index (κ2) is 7.61. The summed E-state index contributed by atoms with van der Waals surface area (Å²) in [6.07, 6.45) is 1.90. The third-order valence-corrected chi connectivity index (χ3v) is 9.04. The first kappa shape index (κ1) is 25.3. The molecule has 0 aromatic rings. The standard InChI is InChI=1S/C25H36O9/c1-13-11-21(4)16(19(26)29-7)17(20(27)30-8)25(13,33-21)15(3)23-12-24(31-9,32-10)22(5,34-23)18(28-6)14(23)2/h11,14-15,18H,12H2,1-10H3/t14-,15+,18-,21+,22?,23-,25+/m0/s1. The average molecular weight is 481 g/mol. The number of hydrogen-bond acceptors (Lipinski definition) is 9. The van der Waals surface area contributed by atoms with Gasteiger partial charge < -0.3 is 33.2 Å². The molecular formula is C25H36O9. The molecule has 0 radical (unpaired) electrons. The maximum atomic E-state index is 13.2. The van der Waals surface area contributed by atoms with Crippen LogP contribution in [-0.4, -0.2) is 81.8 Å². The van der Waals surface area contributed by atoms with Gasteiger partial charge in [-0.1, -0.05) is 13.8 Å². The summed E-state index contributed by atoms with van der Waals surface area (Å²) in [4.78, 5) is 26.2. The molecule has 190 valence electrons. The summed E-state index contributed by atoms with van der Waals surface area (Å²) in [7, 11) is 7.39. The van der Waals surface area contributed by atoms with Crippen LogP contribution in [0, 0.1) is 11.8 Å². The van der Waals surface area contributed by atoms with Crippen LogP contribution in [-0.2, 0) is 42.7 Å². The van der Waals surface area contributed by atoms with Gasteiger partial charge in [0.2, 0.25) is 5.79 Å². The predicted octanol–water partition coefficient (Wildman–Crippen LogP) is 2.32. The van der Waals surface area contributed by atoms with E-state index in [1.807, 2.05) is 26.8 Å². The lowest BCUT2D eigenvalue weighted by Gasteiger charge is -2.50. The van der Waals surface area contributed by atoms with Gasteiger partial charge in [0, 0.05) is 39.6 Å². The number of rotatable bonds is 7. The van der Waals surface area contributed by atoms with Crippen molar-refractivity contribution in [1.82, 2.24) is 0 Å². The number of esters is 2. The molecule has 2 saturated heterocycles. The van der Waals surface area contributed by atoms with E-state index in [0.29, 0.717) is 6.42 Å². The van der Waals surface area contributed by atoms with E-state index in [9.17, 15) is 9.59 Å². The zero-order chi connectivity index (χ0) is 25.5.